The van der Waals surface area contributed by atoms with Gasteiger partial charge in [0, 0.05) is 32.3 Å². The van der Waals surface area contributed by atoms with E-state index in [9.17, 15) is 4.39 Å². The molecule has 0 aromatic carbocycles. The molecule has 5 nitrogen and oxygen atoms in total. The molecule has 1 N–H and O–H groups in total. The van der Waals surface area contributed by atoms with Gasteiger partial charge in [-0.2, -0.15) is 4.39 Å². The van der Waals surface area contributed by atoms with Crippen molar-refractivity contribution in [2.75, 3.05) is 11.9 Å². The third-order valence-corrected chi connectivity index (χ3v) is 4.10. The first-order valence-corrected chi connectivity index (χ1v) is 8.05. The zero-order valence-corrected chi connectivity index (χ0v) is 13.6. The van der Waals surface area contributed by atoms with Gasteiger partial charge in [0.15, 0.2) is 0 Å². The predicted molar refractivity (Wildman–Crippen MR) is 93.4 cm³/mol. The van der Waals surface area contributed by atoms with Gasteiger partial charge in [0.1, 0.15) is 5.65 Å². The van der Waals surface area contributed by atoms with Crippen molar-refractivity contribution in [3.05, 3.63) is 59.6 Å². The van der Waals surface area contributed by atoms with Gasteiger partial charge in [-0.25, -0.2) is 15.0 Å². The molecule has 24 heavy (non-hydrogen) atoms. The molecule has 0 amide bonds. The lowest BCUT2D eigenvalue weighted by Crippen LogP contribution is -2.11. The van der Waals surface area contributed by atoms with Gasteiger partial charge in [0.25, 0.3) is 0 Å². The monoisotopic (exact) mass is 325 g/mol. The lowest BCUT2D eigenvalue weighted by Gasteiger charge is -2.10. The molecule has 0 aliphatic heterocycles. The number of nitrogens with zero attached hydrogens (tertiary/aromatic N) is 4. The van der Waals surface area contributed by atoms with E-state index in [4.69, 9.17) is 0 Å². The molecule has 0 radical (unpaired) electrons. The third kappa shape index (κ3) is 2.54. The summed E-state index contributed by atoms with van der Waals surface area (Å²) in [6, 6.07) is 3.77. The fourth-order valence-electron chi connectivity index (χ4n) is 2.87. The SMILES string of the molecule is CC(C)CNc1ncc2c(n1)CC=C2c1ccc2ncc(F)n2c1.[HH]. The van der Waals surface area contributed by atoms with Gasteiger partial charge in [-0.15, -0.1) is 0 Å². The molecule has 0 unspecified atom stereocenters. The molecule has 6 heteroatoms. The summed E-state index contributed by atoms with van der Waals surface area (Å²) in [4.78, 5) is 13.0. The second kappa shape index (κ2) is 5.70. The van der Waals surface area contributed by atoms with Crippen LogP contribution in [0.5, 0.6) is 0 Å². The van der Waals surface area contributed by atoms with Crippen molar-refractivity contribution in [1.82, 2.24) is 19.4 Å². The summed E-state index contributed by atoms with van der Waals surface area (Å²) < 4.78 is 15.2. The molecule has 0 bridgehead atoms. The van der Waals surface area contributed by atoms with Crippen LogP contribution in [0.25, 0.3) is 11.2 Å². The number of imidazole rings is 1. The van der Waals surface area contributed by atoms with Crippen LogP contribution in [-0.4, -0.2) is 25.9 Å². The molecule has 0 saturated heterocycles. The number of rotatable bonds is 4. The molecule has 124 valence electrons. The minimum absolute atomic E-state index is 0. The minimum Gasteiger partial charge on any atom is -0.354 e. The van der Waals surface area contributed by atoms with Gasteiger partial charge in [-0.3, -0.25) is 4.40 Å². The summed E-state index contributed by atoms with van der Waals surface area (Å²) in [5.41, 5.74) is 4.57. The number of hydrogen-bond donors (Lipinski definition) is 1. The molecule has 3 heterocycles. The number of halogens is 1. The second-order valence-electron chi connectivity index (χ2n) is 6.38. The van der Waals surface area contributed by atoms with E-state index in [1.807, 2.05) is 18.3 Å². The van der Waals surface area contributed by atoms with Crippen LogP contribution in [0.1, 0.15) is 32.1 Å². The van der Waals surface area contributed by atoms with E-state index in [-0.39, 0.29) is 7.37 Å². The Labute approximate surface area is 140 Å². The molecule has 3 aromatic rings. The summed E-state index contributed by atoms with van der Waals surface area (Å²) in [6.07, 6.45) is 7.71. The van der Waals surface area contributed by atoms with E-state index in [0.29, 0.717) is 17.5 Å². The number of fused-ring (bicyclic) bond motifs is 2. The Morgan fingerprint density at radius 2 is 2.17 bits per heavy atom. The van der Waals surface area contributed by atoms with Gasteiger partial charge in [-0.05, 0) is 29.2 Å². The zero-order valence-electron chi connectivity index (χ0n) is 13.6. The highest BCUT2D eigenvalue weighted by molar-refractivity contribution is 5.83. The normalized spacial score (nSPS) is 13.4. The molecular formula is C18H20FN5. The van der Waals surface area contributed by atoms with Crippen LogP contribution in [0.4, 0.5) is 10.3 Å². The highest BCUT2D eigenvalue weighted by Gasteiger charge is 2.19. The number of aromatic nitrogens is 4. The van der Waals surface area contributed by atoms with E-state index >= 15 is 0 Å². The fourth-order valence-corrected chi connectivity index (χ4v) is 2.87. The van der Waals surface area contributed by atoms with Crippen LogP contribution >= 0.6 is 0 Å². The number of anilines is 1. The zero-order chi connectivity index (χ0) is 16.7. The number of hydrogen-bond acceptors (Lipinski definition) is 4. The maximum Gasteiger partial charge on any atom is 0.222 e. The van der Waals surface area contributed by atoms with Crippen LogP contribution in [0.3, 0.4) is 0 Å². The van der Waals surface area contributed by atoms with E-state index in [2.05, 4.69) is 40.2 Å². The van der Waals surface area contributed by atoms with Crippen LogP contribution in [-0.2, 0) is 6.42 Å². The predicted octanol–water partition coefficient (Wildman–Crippen LogP) is 3.57. The van der Waals surface area contributed by atoms with E-state index < -0.39 is 0 Å². The van der Waals surface area contributed by atoms with Crippen LogP contribution < -0.4 is 5.32 Å². The molecule has 0 spiro atoms. The van der Waals surface area contributed by atoms with Gasteiger partial charge in [0.05, 0.1) is 11.9 Å². The fraction of sp³-hybridized carbons (Fsp3) is 0.278. The lowest BCUT2D eigenvalue weighted by atomic mass is 10.0. The van der Waals surface area contributed by atoms with Gasteiger partial charge in [0.2, 0.25) is 11.9 Å². The molecule has 1 aliphatic rings. The van der Waals surface area contributed by atoms with Crippen LogP contribution in [0.2, 0.25) is 0 Å². The van der Waals surface area contributed by atoms with Crippen LogP contribution in [0, 0.1) is 11.9 Å². The average molecular weight is 325 g/mol. The van der Waals surface area contributed by atoms with Crippen LogP contribution in [0.15, 0.2) is 36.8 Å². The Morgan fingerprint density at radius 3 is 3.00 bits per heavy atom. The quantitative estimate of drug-likeness (QED) is 0.797. The Morgan fingerprint density at radius 1 is 1.29 bits per heavy atom. The summed E-state index contributed by atoms with van der Waals surface area (Å²) >= 11 is 0. The molecule has 0 saturated carbocycles. The average Bonchev–Trinajstić information content (AvgIpc) is 3.16. The van der Waals surface area contributed by atoms with Crippen molar-refractivity contribution < 1.29 is 5.82 Å². The number of pyridine rings is 1. The van der Waals surface area contributed by atoms with Gasteiger partial charge >= 0.3 is 0 Å². The highest BCUT2D eigenvalue weighted by atomic mass is 19.1. The molecule has 4 rings (SSSR count). The van der Waals surface area contributed by atoms with Gasteiger partial charge < -0.3 is 5.32 Å². The van der Waals surface area contributed by atoms with E-state index in [0.717, 1.165) is 35.4 Å². The summed E-state index contributed by atoms with van der Waals surface area (Å²) in [7, 11) is 0. The van der Waals surface area contributed by atoms with E-state index in [1.54, 1.807) is 6.20 Å². The van der Waals surface area contributed by atoms with Crippen molar-refractivity contribution in [2.24, 2.45) is 5.92 Å². The summed E-state index contributed by atoms with van der Waals surface area (Å²) in [5, 5.41) is 3.25. The van der Waals surface area contributed by atoms with Crippen molar-refractivity contribution in [1.29, 1.82) is 0 Å². The highest BCUT2D eigenvalue weighted by Crippen LogP contribution is 2.32. The first-order valence-electron chi connectivity index (χ1n) is 8.05. The number of nitrogens with one attached hydrogen (secondary N) is 1. The first-order chi connectivity index (χ1) is 11.6. The molecular weight excluding hydrogens is 305 g/mol. The second-order valence-corrected chi connectivity index (χ2v) is 6.38. The number of allylic oxidation sites excluding steroid dienone is 1. The Bertz CT molecular complexity index is 948. The van der Waals surface area contributed by atoms with Crippen molar-refractivity contribution in [3.8, 4) is 0 Å². The lowest BCUT2D eigenvalue weighted by molar-refractivity contribution is 0.573. The largest absolute Gasteiger partial charge is 0.354 e. The first kappa shape index (κ1) is 14.8. The van der Waals surface area contributed by atoms with E-state index in [1.165, 1.54) is 10.6 Å². The molecule has 3 aromatic heterocycles. The maximum atomic E-state index is 13.8. The Kier molecular flexibility index (Phi) is 3.52. The Balaban J connectivity index is 0.00000182. The Hall–Kier alpha value is -2.76. The molecule has 1 aliphatic carbocycles. The molecule has 0 atom stereocenters. The van der Waals surface area contributed by atoms with Crippen molar-refractivity contribution in [3.63, 3.8) is 0 Å². The summed E-state index contributed by atoms with van der Waals surface area (Å²) in [6.45, 7) is 5.13. The standard InChI is InChI=1S/C18H18FN5.H2/c1-11(2)7-21-18-22-8-14-13(4-5-15(14)23-18)12-3-6-17-20-9-16(19)24(17)10-12;/h3-4,6,8-11H,5,7H2,1-2H3,(H,21,22,23);1H. The van der Waals surface area contributed by atoms with Gasteiger partial charge in [-0.1, -0.05) is 19.9 Å². The smallest absolute Gasteiger partial charge is 0.222 e. The van der Waals surface area contributed by atoms with Crippen molar-refractivity contribution >= 4 is 17.2 Å². The third-order valence-electron chi connectivity index (χ3n) is 4.10. The minimum atomic E-state index is -0.366. The topological polar surface area (TPSA) is 55.1 Å². The molecule has 0 fully saturated rings. The maximum absolute atomic E-state index is 13.8. The van der Waals surface area contributed by atoms with Crippen molar-refractivity contribution in [2.45, 2.75) is 20.3 Å². The summed E-state index contributed by atoms with van der Waals surface area (Å²) in [5.74, 6) is 0.829.